The van der Waals surface area contributed by atoms with E-state index in [4.69, 9.17) is 37.9 Å². The lowest BCUT2D eigenvalue weighted by Gasteiger charge is -2.14. The van der Waals surface area contributed by atoms with E-state index in [2.05, 4.69) is 0 Å². The lowest BCUT2D eigenvalue weighted by molar-refractivity contribution is 0.201. The van der Waals surface area contributed by atoms with Crippen LogP contribution in [0.4, 0.5) is 70.2 Å². The van der Waals surface area contributed by atoms with Crippen molar-refractivity contribution in [3.05, 3.63) is 214 Å². The molecule has 12 aromatic carbocycles. The lowest BCUT2D eigenvalue weighted by Crippen LogP contribution is -2.07. The standard InChI is InChI=1S/C20H18F4O2.C19H16F4O2.C18H14F4O2.C18H12F4O2/c1-3-7-26-14-10-12-5-4-11-9-13(6-8-25-2)17(21)19(23)15(11)16(12)20(24)18(14)22;1-9(2)8-25-13-7-11-5-4-10-6-12(24-3)16(20)18(22)14(10)15(11)19(23)17(13)21;1-23-6-5-11-7-9-3-4-10-8-12(24-2)16(20)18(22)14(10)13(9)17(21)15(11)19;1-3-6-24-12-8-10-5-4-9-7-11(23-2)15(19)17(21)13(9)14(10)18(22)16(12)20/h4-5,9-10H,3,6-8H2,1-2H3;4-7,9H,8H2,1-3H3;3-4,7-8H,5-6H2,1-2H3;3-8H,1-2H3/b;;;6-3+. The number of methoxy groups -OCH3 is 5. The maximum atomic E-state index is 14.7. The number of halogens is 16. The van der Waals surface area contributed by atoms with E-state index in [1.165, 1.54) is 139 Å². The second kappa shape index (κ2) is 31.3. The van der Waals surface area contributed by atoms with Gasteiger partial charge in [-0.15, -0.1) is 0 Å². The Hall–Kier alpha value is -9.94. The number of ether oxygens (including phenoxy) is 8. The first-order valence-electron chi connectivity index (χ1n) is 30.3. The van der Waals surface area contributed by atoms with Crippen molar-refractivity contribution in [3.8, 4) is 34.5 Å². The summed E-state index contributed by atoms with van der Waals surface area (Å²) in [5, 5.41) is -0.672. The minimum absolute atomic E-state index is 0.119. The number of benzene rings is 12. The molecule has 24 heteroatoms. The molecule has 0 atom stereocenters. The van der Waals surface area contributed by atoms with Crippen molar-refractivity contribution in [2.75, 3.05) is 62.0 Å². The molecule has 12 aromatic rings. The van der Waals surface area contributed by atoms with Gasteiger partial charge in [0, 0.05) is 57.3 Å². The van der Waals surface area contributed by atoms with Crippen LogP contribution in [0.3, 0.4) is 0 Å². The number of fused-ring (bicyclic) bond motifs is 12. The Labute approximate surface area is 555 Å². The van der Waals surface area contributed by atoms with Gasteiger partial charge in [0.15, 0.2) is 92.7 Å². The fraction of sp³-hybridized carbons (Fsp3) is 0.227. The average Bonchev–Trinajstić information content (AvgIpc) is 0.769. The minimum atomic E-state index is -1.30. The molecule has 0 spiro atoms. The third kappa shape index (κ3) is 14.4. The maximum absolute atomic E-state index is 14.7. The van der Waals surface area contributed by atoms with Crippen LogP contribution in [0.15, 0.2) is 109 Å². The third-order valence-electron chi connectivity index (χ3n) is 15.8. The van der Waals surface area contributed by atoms with Crippen LogP contribution in [0.5, 0.6) is 34.5 Å². The Balaban J connectivity index is 0.000000154. The van der Waals surface area contributed by atoms with E-state index >= 15 is 0 Å². The van der Waals surface area contributed by atoms with E-state index in [0.29, 0.717) is 11.8 Å². The highest BCUT2D eigenvalue weighted by molar-refractivity contribution is 6.12. The van der Waals surface area contributed by atoms with Gasteiger partial charge in [-0.25, -0.2) is 43.9 Å². The summed E-state index contributed by atoms with van der Waals surface area (Å²) in [5.74, 6) is -21.3. The molecule has 0 radical (unpaired) electrons. The van der Waals surface area contributed by atoms with Gasteiger partial charge in [-0.1, -0.05) is 75.4 Å². The largest absolute Gasteiger partial charge is 0.494 e. The van der Waals surface area contributed by atoms with Gasteiger partial charge in [0.25, 0.3) is 0 Å². The molecule has 0 saturated carbocycles. The van der Waals surface area contributed by atoms with Crippen molar-refractivity contribution in [1.82, 2.24) is 0 Å². The molecule has 0 fully saturated rings. The van der Waals surface area contributed by atoms with E-state index in [1.807, 2.05) is 20.8 Å². The summed E-state index contributed by atoms with van der Waals surface area (Å²) in [7, 11) is 6.50. The van der Waals surface area contributed by atoms with Gasteiger partial charge < -0.3 is 37.9 Å². The predicted molar refractivity (Wildman–Crippen MR) is 348 cm³/mol. The van der Waals surface area contributed by atoms with E-state index in [-0.39, 0.29) is 172 Å². The molecule has 520 valence electrons. The Kier molecular flexibility index (Phi) is 23.2. The molecule has 0 unspecified atom stereocenters. The molecular formula is C75H60F16O8. The predicted octanol–water partition coefficient (Wildman–Crippen LogP) is 21.3. The Morgan fingerprint density at radius 3 is 0.838 bits per heavy atom. The minimum Gasteiger partial charge on any atom is -0.494 e. The highest BCUT2D eigenvalue weighted by Crippen LogP contribution is 2.43. The Morgan fingerprint density at radius 2 is 0.566 bits per heavy atom. The van der Waals surface area contributed by atoms with Crippen LogP contribution in [0, 0.1) is 99.0 Å². The van der Waals surface area contributed by atoms with Crippen molar-refractivity contribution in [2.45, 2.75) is 47.0 Å². The maximum Gasteiger partial charge on any atom is 0.201 e. The molecule has 0 saturated heterocycles. The van der Waals surface area contributed by atoms with Crippen molar-refractivity contribution >= 4 is 86.2 Å². The lowest BCUT2D eigenvalue weighted by atomic mass is 9.97. The summed E-state index contributed by atoms with van der Waals surface area (Å²) >= 11 is 0. The van der Waals surface area contributed by atoms with Crippen LogP contribution in [0.2, 0.25) is 0 Å². The number of rotatable bonds is 17. The normalized spacial score (nSPS) is 11.5. The van der Waals surface area contributed by atoms with E-state index in [1.54, 1.807) is 13.0 Å². The summed E-state index contributed by atoms with van der Waals surface area (Å²) in [6, 6.07) is 22.5. The van der Waals surface area contributed by atoms with Crippen molar-refractivity contribution < 1.29 is 108 Å². The zero-order valence-corrected chi connectivity index (χ0v) is 54.2. The zero-order valence-electron chi connectivity index (χ0n) is 54.2. The van der Waals surface area contributed by atoms with Gasteiger partial charge in [-0.2, -0.15) is 26.3 Å². The first-order valence-corrected chi connectivity index (χ1v) is 30.3. The molecule has 0 aliphatic carbocycles. The second-order valence-electron chi connectivity index (χ2n) is 22.6. The van der Waals surface area contributed by atoms with Crippen LogP contribution >= 0.6 is 0 Å². The van der Waals surface area contributed by atoms with Crippen LogP contribution in [0.25, 0.3) is 86.2 Å². The molecule has 99 heavy (non-hydrogen) atoms. The fourth-order valence-corrected chi connectivity index (χ4v) is 11.1. The number of hydrogen-bond donors (Lipinski definition) is 0. The molecular weight excluding hydrogens is 1330 g/mol. The first kappa shape index (κ1) is 73.3. The highest BCUT2D eigenvalue weighted by atomic mass is 19.2. The van der Waals surface area contributed by atoms with Crippen LogP contribution in [-0.4, -0.2) is 62.0 Å². The summed E-state index contributed by atoms with van der Waals surface area (Å²) in [6.07, 6.45) is 3.67. The average molecular weight is 1390 g/mol. The molecule has 8 nitrogen and oxygen atoms in total. The van der Waals surface area contributed by atoms with Gasteiger partial charge >= 0.3 is 0 Å². The topological polar surface area (TPSA) is 73.8 Å². The molecule has 0 aliphatic heterocycles. The number of allylic oxidation sites excluding steroid dienone is 1. The SMILES string of the molecule is C/C=C/Oc1cc2ccc3cc(OC)c(F)c(F)c3c2c(F)c1F.CCCOc1cc2ccc3cc(CCOC)c(F)c(F)c3c2c(F)c1F.COCCc1cc2ccc3cc(OC)c(F)c(F)c3c2c(F)c1F.COc1cc2ccc3cc(OCC(C)C)c(F)c(F)c3c2c(F)c1F. The summed E-state index contributed by atoms with van der Waals surface area (Å²) in [4.78, 5) is 0. The van der Waals surface area contributed by atoms with Gasteiger partial charge in [0.2, 0.25) is 34.9 Å². The van der Waals surface area contributed by atoms with Crippen LogP contribution in [-0.2, 0) is 22.3 Å². The summed E-state index contributed by atoms with van der Waals surface area (Å²) in [5.41, 5.74) is 0.246. The highest BCUT2D eigenvalue weighted by Gasteiger charge is 2.27. The van der Waals surface area contributed by atoms with E-state index in [0.717, 1.165) is 0 Å². The molecule has 12 rings (SSSR count). The number of hydrogen-bond acceptors (Lipinski definition) is 8. The summed E-state index contributed by atoms with van der Waals surface area (Å²) in [6.45, 7) is 8.09. The van der Waals surface area contributed by atoms with Gasteiger partial charge in [-0.3, -0.25) is 0 Å². The monoisotopic (exact) mass is 1390 g/mol. The summed E-state index contributed by atoms with van der Waals surface area (Å²) < 4.78 is 269. The fourth-order valence-electron chi connectivity index (χ4n) is 11.1. The van der Waals surface area contributed by atoms with Crippen molar-refractivity contribution in [1.29, 1.82) is 0 Å². The molecule has 0 aliphatic rings. The smallest absolute Gasteiger partial charge is 0.201 e. The second-order valence-corrected chi connectivity index (χ2v) is 22.6. The van der Waals surface area contributed by atoms with Crippen LogP contribution < -0.4 is 28.4 Å². The molecule has 0 heterocycles. The Bertz CT molecular complexity index is 5040. The Morgan fingerprint density at radius 1 is 0.313 bits per heavy atom. The third-order valence-corrected chi connectivity index (χ3v) is 15.8. The zero-order chi connectivity index (χ0) is 72.0. The van der Waals surface area contributed by atoms with Crippen molar-refractivity contribution in [3.63, 3.8) is 0 Å². The molecule has 0 bridgehead atoms. The van der Waals surface area contributed by atoms with Gasteiger partial charge in [0.1, 0.15) is 0 Å². The first-order chi connectivity index (χ1) is 47.3. The molecule has 0 amide bonds. The van der Waals surface area contributed by atoms with E-state index in [9.17, 15) is 70.2 Å². The van der Waals surface area contributed by atoms with Gasteiger partial charge in [-0.05, 0) is 135 Å². The van der Waals surface area contributed by atoms with E-state index < -0.39 is 93.1 Å². The van der Waals surface area contributed by atoms with Crippen LogP contribution in [0.1, 0.15) is 45.2 Å². The quantitative estimate of drug-likeness (QED) is 0.0507. The molecule has 0 aromatic heterocycles. The molecule has 0 N–H and O–H groups in total. The van der Waals surface area contributed by atoms with Crippen molar-refractivity contribution in [2.24, 2.45) is 5.92 Å². The van der Waals surface area contributed by atoms with Gasteiger partial charge in [0.05, 0.1) is 54.0 Å².